The maximum absolute atomic E-state index is 12.7. The molecule has 0 spiro atoms. The number of alkyl carbamates (subject to hydrolysis) is 1. The number of nitrogens with zero attached hydrogens (tertiary/aromatic N) is 3. The lowest BCUT2D eigenvalue weighted by Gasteiger charge is -2.37. The summed E-state index contributed by atoms with van der Waals surface area (Å²) in [6.45, 7) is 7.14. The average Bonchev–Trinajstić information content (AvgIpc) is 2.58. The van der Waals surface area contributed by atoms with Crippen molar-refractivity contribution in [3.63, 3.8) is 0 Å². The lowest BCUT2D eigenvalue weighted by atomic mass is 9.81. The summed E-state index contributed by atoms with van der Waals surface area (Å²) in [6, 6.07) is 6.12. The predicted molar refractivity (Wildman–Crippen MR) is 104 cm³/mol. The van der Waals surface area contributed by atoms with Gasteiger partial charge in [-0.1, -0.05) is 25.5 Å². The van der Waals surface area contributed by atoms with Crippen molar-refractivity contribution in [3.05, 3.63) is 39.9 Å². The average molecular weight is 390 g/mol. The summed E-state index contributed by atoms with van der Waals surface area (Å²) in [5.41, 5.74) is -1.21. The van der Waals surface area contributed by atoms with Crippen molar-refractivity contribution < 1.29 is 19.2 Å². The van der Waals surface area contributed by atoms with Crippen LogP contribution >= 0.6 is 0 Å². The molecule has 1 aromatic carbocycles. The number of guanidine groups is 1. The molecule has 1 heterocycles. The molecule has 0 bridgehead atoms. The number of hydrogen-bond acceptors (Lipinski definition) is 6. The molecule has 1 aromatic rings. The largest absolute Gasteiger partial charge is 0.444 e. The van der Waals surface area contributed by atoms with Gasteiger partial charge in [0.05, 0.1) is 16.9 Å². The summed E-state index contributed by atoms with van der Waals surface area (Å²) in [6.07, 6.45) is 0.519. The molecule has 9 heteroatoms. The van der Waals surface area contributed by atoms with Crippen molar-refractivity contribution in [3.8, 4) is 0 Å². The molecule has 28 heavy (non-hydrogen) atoms. The molecular weight excluding hydrogens is 364 g/mol. The van der Waals surface area contributed by atoms with E-state index in [0.29, 0.717) is 18.4 Å². The van der Waals surface area contributed by atoms with Gasteiger partial charge in [-0.05, 0) is 32.8 Å². The summed E-state index contributed by atoms with van der Waals surface area (Å²) in [7, 11) is 1.52. The Morgan fingerprint density at radius 1 is 1.43 bits per heavy atom. The molecule has 0 aliphatic carbocycles. The zero-order chi connectivity index (χ0) is 21.1. The van der Waals surface area contributed by atoms with Crippen LogP contribution in [0, 0.1) is 10.1 Å². The Hall–Kier alpha value is -2.97. The standard InChI is InChI=1S/C19H26N4O5/c1-6-10-19(13-8-7-9-14(11-13)23(26)27)12-15(24)22(5)16(21-19)20-17(25)28-18(2,3)4/h7-9,11H,6,10,12H2,1-5H3,(H,20,21,25). The first-order valence-electron chi connectivity index (χ1n) is 9.09. The zero-order valence-corrected chi connectivity index (χ0v) is 16.8. The van der Waals surface area contributed by atoms with E-state index in [-0.39, 0.29) is 24.0 Å². The summed E-state index contributed by atoms with van der Waals surface area (Å²) < 4.78 is 5.25. The number of hydrogen-bond donors (Lipinski definition) is 1. The highest BCUT2D eigenvalue weighted by atomic mass is 16.6. The second-order valence-corrected chi connectivity index (χ2v) is 7.78. The fourth-order valence-corrected chi connectivity index (χ4v) is 3.09. The third kappa shape index (κ3) is 4.85. The summed E-state index contributed by atoms with van der Waals surface area (Å²) in [4.78, 5) is 41.5. The maximum Gasteiger partial charge on any atom is 0.414 e. The molecule has 1 N–H and O–H groups in total. The van der Waals surface area contributed by atoms with Gasteiger partial charge in [-0.3, -0.25) is 25.1 Å². The van der Waals surface area contributed by atoms with E-state index in [2.05, 4.69) is 10.3 Å². The van der Waals surface area contributed by atoms with Crippen LogP contribution < -0.4 is 5.32 Å². The monoisotopic (exact) mass is 390 g/mol. The van der Waals surface area contributed by atoms with Gasteiger partial charge in [0.1, 0.15) is 5.60 Å². The van der Waals surface area contributed by atoms with Gasteiger partial charge in [-0.15, -0.1) is 0 Å². The second kappa shape index (κ2) is 7.95. The molecule has 9 nitrogen and oxygen atoms in total. The second-order valence-electron chi connectivity index (χ2n) is 7.78. The molecule has 1 atom stereocenters. The number of nitrogens with one attached hydrogen (secondary N) is 1. The van der Waals surface area contributed by atoms with Crippen molar-refractivity contribution >= 4 is 23.6 Å². The number of rotatable bonds is 4. The minimum Gasteiger partial charge on any atom is -0.444 e. The summed E-state index contributed by atoms with van der Waals surface area (Å²) in [5, 5.41) is 13.7. The van der Waals surface area contributed by atoms with Crippen molar-refractivity contribution in [2.24, 2.45) is 4.99 Å². The third-order valence-corrected chi connectivity index (χ3v) is 4.33. The quantitative estimate of drug-likeness (QED) is 0.625. The maximum atomic E-state index is 12.7. The fraction of sp³-hybridized carbons (Fsp3) is 0.526. The van der Waals surface area contributed by atoms with Gasteiger partial charge in [0.2, 0.25) is 11.9 Å². The van der Waals surface area contributed by atoms with Crippen LogP contribution in [0.3, 0.4) is 0 Å². The van der Waals surface area contributed by atoms with Crippen LogP contribution in [0.15, 0.2) is 29.3 Å². The van der Waals surface area contributed by atoms with Crippen LogP contribution in [0.5, 0.6) is 0 Å². The number of nitro groups is 1. The molecule has 2 rings (SSSR count). The van der Waals surface area contributed by atoms with Gasteiger partial charge < -0.3 is 4.74 Å². The van der Waals surface area contributed by atoms with E-state index in [1.165, 1.54) is 24.1 Å². The number of non-ortho nitro benzene ring substituents is 1. The van der Waals surface area contributed by atoms with Crippen LogP contribution in [-0.2, 0) is 15.1 Å². The van der Waals surface area contributed by atoms with Crippen molar-refractivity contribution in [1.82, 2.24) is 10.2 Å². The number of aliphatic imine (C=N–C) groups is 1. The number of benzene rings is 1. The van der Waals surface area contributed by atoms with Crippen molar-refractivity contribution in [2.75, 3.05) is 7.05 Å². The Labute approximate surface area is 163 Å². The van der Waals surface area contributed by atoms with Crippen LogP contribution in [-0.4, -0.2) is 40.4 Å². The first kappa shape index (κ1) is 21.3. The lowest BCUT2D eigenvalue weighted by Crippen LogP contribution is -2.52. The van der Waals surface area contributed by atoms with Gasteiger partial charge in [0.25, 0.3) is 5.69 Å². The fourth-order valence-electron chi connectivity index (χ4n) is 3.09. The highest BCUT2D eigenvalue weighted by molar-refractivity contribution is 6.05. The number of carbonyl (C=O) groups excluding carboxylic acids is 2. The van der Waals surface area contributed by atoms with E-state index >= 15 is 0 Å². The van der Waals surface area contributed by atoms with E-state index in [1.807, 2.05) is 6.92 Å². The van der Waals surface area contributed by atoms with Crippen LogP contribution in [0.25, 0.3) is 0 Å². The number of ether oxygens (including phenoxy) is 1. The molecule has 2 amide bonds. The molecule has 152 valence electrons. The highest BCUT2D eigenvalue weighted by Gasteiger charge is 2.41. The number of carbonyl (C=O) groups is 2. The topological polar surface area (TPSA) is 114 Å². The molecule has 0 fully saturated rings. The first-order valence-corrected chi connectivity index (χ1v) is 9.09. The molecule has 0 aromatic heterocycles. The van der Waals surface area contributed by atoms with Crippen molar-refractivity contribution in [2.45, 2.75) is 58.1 Å². The van der Waals surface area contributed by atoms with Crippen LogP contribution in [0.2, 0.25) is 0 Å². The third-order valence-electron chi connectivity index (χ3n) is 4.33. The van der Waals surface area contributed by atoms with Crippen molar-refractivity contribution in [1.29, 1.82) is 0 Å². The molecule has 0 saturated heterocycles. The smallest absolute Gasteiger partial charge is 0.414 e. The van der Waals surface area contributed by atoms with Crippen LogP contribution in [0.1, 0.15) is 52.5 Å². The molecule has 0 radical (unpaired) electrons. The highest BCUT2D eigenvalue weighted by Crippen LogP contribution is 2.39. The van der Waals surface area contributed by atoms with Gasteiger partial charge in [0.15, 0.2) is 0 Å². The van der Waals surface area contributed by atoms with Gasteiger partial charge in [0, 0.05) is 19.2 Å². The molecular formula is C19H26N4O5. The predicted octanol–water partition coefficient (Wildman–Crippen LogP) is 3.33. The van der Waals surface area contributed by atoms with E-state index in [1.54, 1.807) is 32.9 Å². The minimum atomic E-state index is -0.991. The zero-order valence-electron chi connectivity index (χ0n) is 16.8. The Balaban J connectivity index is 2.49. The van der Waals surface area contributed by atoms with Gasteiger partial charge >= 0.3 is 6.09 Å². The van der Waals surface area contributed by atoms with E-state index in [0.717, 1.165) is 0 Å². The molecule has 0 saturated carbocycles. The SMILES string of the molecule is CCCC1(c2cccc([N+](=O)[O-])c2)CC(=O)N(C)C(NC(=O)OC(C)(C)C)=N1. The summed E-state index contributed by atoms with van der Waals surface area (Å²) in [5.74, 6) is -0.188. The number of nitro benzene ring substituents is 1. The normalized spacial score (nSPS) is 19.8. The Morgan fingerprint density at radius 2 is 2.11 bits per heavy atom. The minimum absolute atomic E-state index is 0.0536. The van der Waals surface area contributed by atoms with Gasteiger partial charge in [-0.2, -0.15) is 0 Å². The van der Waals surface area contributed by atoms with Gasteiger partial charge in [-0.25, -0.2) is 9.79 Å². The number of amides is 2. The Kier molecular flexibility index (Phi) is 6.06. The molecule has 1 aliphatic rings. The first-order chi connectivity index (χ1) is 13.0. The Morgan fingerprint density at radius 3 is 2.68 bits per heavy atom. The molecule has 1 unspecified atom stereocenters. The van der Waals surface area contributed by atoms with E-state index < -0.39 is 22.2 Å². The Bertz CT molecular complexity index is 815. The summed E-state index contributed by atoms with van der Waals surface area (Å²) >= 11 is 0. The van der Waals surface area contributed by atoms with E-state index in [9.17, 15) is 19.7 Å². The van der Waals surface area contributed by atoms with Crippen LogP contribution in [0.4, 0.5) is 10.5 Å². The van der Waals surface area contributed by atoms with E-state index in [4.69, 9.17) is 4.74 Å². The lowest BCUT2D eigenvalue weighted by molar-refractivity contribution is -0.385. The molecule has 1 aliphatic heterocycles.